The third-order valence-corrected chi connectivity index (χ3v) is 6.61. The van der Waals surface area contributed by atoms with Crippen molar-refractivity contribution in [2.45, 2.75) is 11.0 Å². The normalized spacial score (nSPS) is 17.3. The first kappa shape index (κ1) is 22.2. The molecule has 0 radical (unpaired) electrons. The number of amides is 2. The molecule has 0 unspecified atom stereocenters. The minimum absolute atomic E-state index is 0.0379. The lowest BCUT2D eigenvalue weighted by Crippen LogP contribution is -2.33. The van der Waals surface area contributed by atoms with Crippen molar-refractivity contribution in [2.24, 2.45) is 0 Å². The number of benzene rings is 1. The lowest BCUT2D eigenvalue weighted by molar-refractivity contribution is -0.113. The Morgan fingerprint density at radius 1 is 1.24 bits per heavy atom. The molecule has 2 aliphatic rings. The number of fused-ring (bicyclic) bond motifs is 2. The highest BCUT2D eigenvalue weighted by Crippen LogP contribution is 2.35. The van der Waals surface area contributed by atoms with Crippen molar-refractivity contribution in [1.82, 2.24) is 15.3 Å². The Hall–Kier alpha value is -3.57. The van der Waals surface area contributed by atoms with E-state index in [0.717, 1.165) is 27.3 Å². The Morgan fingerprint density at radius 3 is 3.03 bits per heavy atom. The van der Waals surface area contributed by atoms with Crippen LogP contribution in [0.25, 0.3) is 11.0 Å². The van der Waals surface area contributed by atoms with Gasteiger partial charge in [0, 0.05) is 42.5 Å². The first-order chi connectivity index (χ1) is 16.6. The molecule has 4 heterocycles. The van der Waals surface area contributed by atoms with Crippen molar-refractivity contribution in [3.63, 3.8) is 0 Å². The number of anilines is 3. The van der Waals surface area contributed by atoms with E-state index in [1.807, 2.05) is 30.3 Å². The summed E-state index contributed by atoms with van der Waals surface area (Å²) in [6.07, 6.45) is 1.09. The number of rotatable bonds is 8. The second-order valence-corrected chi connectivity index (χ2v) is 8.86. The minimum Gasteiger partial charge on any atom is -0.481 e. The zero-order valence-electron chi connectivity index (χ0n) is 18.5. The average Bonchev–Trinajstić information content (AvgIpc) is 3.23. The minimum atomic E-state index is -0.386. The van der Waals surface area contributed by atoms with Gasteiger partial charge in [-0.1, -0.05) is 0 Å². The van der Waals surface area contributed by atoms with E-state index in [0.29, 0.717) is 43.5 Å². The Morgan fingerprint density at radius 2 is 2.15 bits per heavy atom. The van der Waals surface area contributed by atoms with Crippen LogP contribution < -0.4 is 25.6 Å². The number of pyridine rings is 2. The molecule has 2 aliphatic heterocycles. The molecule has 34 heavy (non-hydrogen) atoms. The van der Waals surface area contributed by atoms with Gasteiger partial charge < -0.3 is 25.4 Å². The predicted molar refractivity (Wildman–Crippen MR) is 131 cm³/mol. The molecule has 1 atom stereocenters. The van der Waals surface area contributed by atoms with E-state index in [1.54, 1.807) is 24.3 Å². The van der Waals surface area contributed by atoms with Crippen molar-refractivity contribution in [3.8, 4) is 5.88 Å². The Balaban J connectivity index is 1.12. The first-order valence-corrected chi connectivity index (χ1v) is 11.9. The summed E-state index contributed by atoms with van der Waals surface area (Å²) in [4.78, 5) is 35.5. The van der Waals surface area contributed by atoms with E-state index in [1.165, 1.54) is 11.8 Å². The second-order valence-electron chi connectivity index (χ2n) is 7.84. The van der Waals surface area contributed by atoms with Gasteiger partial charge in [-0.25, -0.2) is 9.78 Å². The lowest BCUT2D eigenvalue weighted by atomic mass is 10.2. The largest absolute Gasteiger partial charge is 0.481 e. The Labute approximate surface area is 200 Å². The molecular formula is C23H24N6O4S. The fourth-order valence-electron chi connectivity index (χ4n) is 3.89. The van der Waals surface area contributed by atoms with E-state index in [9.17, 15) is 9.59 Å². The van der Waals surface area contributed by atoms with Crippen LogP contribution in [0.5, 0.6) is 5.88 Å². The molecule has 11 heteroatoms. The molecule has 1 saturated heterocycles. The zero-order chi connectivity index (χ0) is 23.5. The summed E-state index contributed by atoms with van der Waals surface area (Å²) >= 11 is 1.49. The van der Waals surface area contributed by atoms with Gasteiger partial charge >= 0.3 is 6.09 Å². The van der Waals surface area contributed by atoms with Crippen LogP contribution in [0.1, 0.15) is 0 Å². The number of aromatic nitrogens is 2. The molecule has 2 aromatic heterocycles. The number of nitrogens with zero attached hydrogens (tertiary/aromatic N) is 3. The molecule has 176 valence electrons. The van der Waals surface area contributed by atoms with Gasteiger partial charge in [0.05, 0.1) is 36.3 Å². The van der Waals surface area contributed by atoms with E-state index in [2.05, 4.69) is 25.9 Å². The molecule has 0 bridgehead atoms. The van der Waals surface area contributed by atoms with E-state index >= 15 is 0 Å². The van der Waals surface area contributed by atoms with Crippen LogP contribution in [0.4, 0.5) is 21.9 Å². The fourth-order valence-corrected chi connectivity index (χ4v) is 4.68. The van der Waals surface area contributed by atoms with Crippen molar-refractivity contribution in [2.75, 3.05) is 54.6 Å². The number of nitrogens with one attached hydrogen (secondary N) is 3. The number of ether oxygens (including phenoxy) is 2. The van der Waals surface area contributed by atoms with Crippen molar-refractivity contribution in [3.05, 3.63) is 42.6 Å². The number of thioether (sulfide) groups is 1. The predicted octanol–water partition coefficient (Wildman–Crippen LogP) is 2.71. The molecule has 0 spiro atoms. The van der Waals surface area contributed by atoms with Gasteiger partial charge in [-0.2, -0.15) is 0 Å². The van der Waals surface area contributed by atoms with Crippen LogP contribution in [-0.4, -0.2) is 67.1 Å². The molecule has 3 N–H and O–H groups in total. The van der Waals surface area contributed by atoms with Crippen LogP contribution in [0.3, 0.4) is 0 Å². The van der Waals surface area contributed by atoms with E-state index in [-0.39, 0.29) is 18.1 Å². The highest BCUT2D eigenvalue weighted by molar-refractivity contribution is 8.00. The summed E-state index contributed by atoms with van der Waals surface area (Å²) in [5, 5.41) is 9.55. The van der Waals surface area contributed by atoms with Crippen molar-refractivity contribution in [1.29, 1.82) is 0 Å². The monoisotopic (exact) mass is 480 g/mol. The van der Waals surface area contributed by atoms with Gasteiger partial charge in [0.15, 0.2) is 0 Å². The SMILES string of the molecule is COc1ccc2nccc(NCCNC[C@@H]3CN(c4ccc5c(c4)NC(=O)CS5)C(=O)O3)c2n1. The third-order valence-electron chi connectivity index (χ3n) is 5.54. The van der Waals surface area contributed by atoms with Crippen LogP contribution >= 0.6 is 11.8 Å². The molecule has 5 rings (SSSR count). The van der Waals surface area contributed by atoms with Crippen LogP contribution in [0.2, 0.25) is 0 Å². The molecule has 10 nitrogen and oxygen atoms in total. The highest BCUT2D eigenvalue weighted by atomic mass is 32.2. The molecule has 2 amide bonds. The third kappa shape index (κ3) is 4.70. The Bertz CT molecular complexity index is 1240. The number of hydrogen-bond donors (Lipinski definition) is 3. The zero-order valence-corrected chi connectivity index (χ0v) is 19.4. The summed E-state index contributed by atoms with van der Waals surface area (Å²) in [7, 11) is 1.58. The number of cyclic esters (lactones) is 1. The second kappa shape index (κ2) is 9.74. The van der Waals surface area contributed by atoms with Crippen LogP contribution in [0.15, 0.2) is 47.5 Å². The molecule has 1 aromatic carbocycles. The lowest BCUT2D eigenvalue weighted by Gasteiger charge is -2.20. The standard InChI is InChI=1S/C23H24N6O4S/c1-32-21-5-3-16-22(28-21)17(6-7-25-16)26-9-8-24-11-15-12-29(23(31)33-15)14-2-4-19-18(10-14)27-20(30)13-34-19/h2-7,10,15,24H,8-9,11-13H2,1H3,(H,25,26)(H,27,30)/t15-/m1/s1. The maximum absolute atomic E-state index is 12.4. The van der Waals surface area contributed by atoms with Crippen LogP contribution in [-0.2, 0) is 9.53 Å². The van der Waals surface area contributed by atoms with Gasteiger partial charge in [0.2, 0.25) is 11.8 Å². The maximum Gasteiger partial charge on any atom is 0.414 e. The van der Waals surface area contributed by atoms with Crippen molar-refractivity contribution >= 4 is 51.9 Å². The van der Waals surface area contributed by atoms with Crippen LogP contribution in [0, 0.1) is 0 Å². The van der Waals surface area contributed by atoms with Gasteiger partial charge in [0.25, 0.3) is 0 Å². The number of carbonyl (C=O) groups is 2. The van der Waals surface area contributed by atoms with Crippen molar-refractivity contribution < 1.29 is 19.1 Å². The smallest absolute Gasteiger partial charge is 0.414 e. The summed E-state index contributed by atoms with van der Waals surface area (Å²) < 4.78 is 10.7. The summed E-state index contributed by atoms with van der Waals surface area (Å²) in [5.41, 5.74) is 3.86. The fraction of sp³-hybridized carbons (Fsp3) is 0.304. The van der Waals surface area contributed by atoms with Gasteiger partial charge in [-0.15, -0.1) is 11.8 Å². The topological polar surface area (TPSA) is 118 Å². The van der Waals surface area contributed by atoms with Gasteiger partial charge in [-0.05, 0) is 30.3 Å². The summed E-state index contributed by atoms with van der Waals surface area (Å²) in [5.74, 6) is 0.904. The first-order valence-electron chi connectivity index (χ1n) is 10.9. The van der Waals surface area contributed by atoms with E-state index < -0.39 is 0 Å². The number of hydrogen-bond acceptors (Lipinski definition) is 9. The molecule has 0 aliphatic carbocycles. The summed E-state index contributed by atoms with van der Waals surface area (Å²) in [6, 6.07) is 11.2. The van der Waals surface area contributed by atoms with E-state index in [4.69, 9.17) is 9.47 Å². The van der Waals surface area contributed by atoms with Gasteiger partial charge in [0.1, 0.15) is 11.6 Å². The molecular weight excluding hydrogens is 456 g/mol. The van der Waals surface area contributed by atoms with Gasteiger partial charge in [-0.3, -0.25) is 14.7 Å². The average molecular weight is 481 g/mol. The molecule has 3 aromatic rings. The molecule has 1 fully saturated rings. The maximum atomic E-state index is 12.4. The number of methoxy groups -OCH3 is 1. The quantitative estimate of drug-likeness (QED) is 0.418. The Kier molecular flexibility index (Phi) is 6.37. The summed E-state index contributed by atoms with van der Waals surface area (Å²) in [6.45, 7) is 2.30. The highest BCUT2D eigenvalue weighted by Gasteiger charge is 2.32. The number of carbonyl (C=O) groups excluding carboxylic acids is 2. The molecule has 0 saturated carbocycles.